The maximum Gasteiger partial charge on any atom is 0.220 e. The lowest BCUT2D eigenvalue weighted by atomic mass is 9.86. The highest BCUT2D eigenvalue weighted by molar-refractivity contribution is 5.76. The Hall–Kier alpha value is -2.29. The summed E-state index contributed by atoms with van der Waals surface area (Å²) in [5, 5.41) is 2.94. The van der Waals surface area contributed by atoms with Crippen LogP contribution < -0.4 is 10.1 Å². The van der Waals surface area contributed by atoms with Crippen LogP contribution in [-0.4, -0.2) is 19.1 Å². The van der Waals surface area contributed by atoms with E-state index in [4.69, 9.17) is 4.74 Å². The van der Waals surface area contributed by atoms with Gasteiger partial charge in [-0.2, -0.15) is 0 Å². The first kappa shape index (κ1) is 20.0. The minimum Gasteiger partial charge on any atom is -0.491 e. The molecular formula is C23H31NO2. The average molecular weight is 354 g/mol. The lowest BCUT2D eigenvalue weighted by molar-refractivity contribution is -0.121. The van der Waals surface area contributed by atoms with Crippen LogP contribution in [0.3, 0.4) is 0 Å². The van der Waals surface area contributed by atoms with Crippen LogP contribution in [0.25, 0.3) is 0 Å². The number of para-hydroxylation sites is 1. The molecule has 0 spiro atoms. The molecule has 0 fully saturated rings. The van der Waals surface area contributed by atoms with E-state index in [1.165, 1.54) is 22.3 Å². The Labute approximate surface area is 157 Å². The molecule has 0 atom stereocenters. The van der Waals surface area contributed by atoms with Crippen LogP contribution in [0, 0.1) is 13.8 Å². The Morgan fingerprint density at radius 3 is 2.46 bits per heavy atom. The van der Waals surface area contributed by atoms with E-state index in [1.807, 2.05) is 18.2 Å². The van der Waals surface area contributed by atoms with Gasteiger partial charge in [-0.3, -0.25) is 4.79 Å². The number of aryl methyl sites for hydroxylation is 3. The summed E-state index contributed by atoms with van der Waals surface area (Å²) in [7, 11) is 0. The molecule has 0 bridgehead atoms. The van der Waals surface area contributed by atoms with Gasteiger partial charge in [0.25, 0.3) is 0 Å². The van der Waals surface area contributed by atoms with Crippen molar-refractivity contribution in [1.29, 1.82) is 0 Å². The average Bonchev–Trinajstić information content (AvgIpc) is 2.59. The molecule has 3 heteroatoms. The van der Waals surface area contributed by atoms with E-state index in [0.29, 0.717) is 19.6 Å². The van der Waals surface area contributed by atoms with Crippen LogP contribution in [0.15, 0.2) is 42.5 Å². The smallest absolute Gasteiger partial charge is 0.220 e. The first-order valence-corrected chi connectivity index (χ1v) is 9.32. The standard InChI is InChI=1S/C23H31NO2/c1-17-10-11-19(16-18(17)2)12-13-22(25)24-14-15-26-21-9-7-6-8-20(21)23(3,4)5/h6-11,16H,12-15H2,1-5H3,(H,24,25). The number of hydrogen-bond donors (Lipinski definition) is 1. The molecule has 2 rings (SSSR count). The molecule has 0 aliphatic rings. The topological polar surface area (TPSA) is 38.3 Å². The van der Waals surface area contributed by atoms with E-state index in [1.54, 1.807) is 0 Å². The van der Waals surface area contributed by atoms with Crippen LogP contribution in [0.2, 0.25) is 0 Å². The van der Waals surface area contributed by atoms with Gasteiger partial charge >= 0.3 is 0 Å². The molecule has 0 radical (unpaired) electrons. The predicted molar refractivity (Wildman–Crippen MR) is 108 cm³/mol. The summed E-state index contributed by atoms with van der Waals surface area (Å²) in [5.74, 6) is 0.959. The van der Waals surface area contributed by atoms with Gasteiger partial charge in [0, 0.05) is 6.42 Å². The summed E-state index contributed by atoms with van der Waals surface area (Å²) in [5.41, 5.74) is 4.98. The predicted octanol–water partition coefficient (Wildman–Crippen LogP) is 4.73. The van der Waals surface area contributed by atoms with Crippen molar-refractivity contribution in [2.45, 2.75) is 52.9 Å². The van der Waals surface area contributed by atoms with Crippen LogP contribution in [0.4, 0.5) is 0 Å². The highest BCUT2D eigenvalue weighted by Crippen LogP contribution is 2.30. The lowest BCUT2D eigenvalue weighted by Gasteiger charge is -2.22. The van der Waals surface area contributed by atoms with Crippen LogP contribution >= 0.6 is 0 Å². The second-order valence-corrected chi connectivity index (χ2v) is 7.86. The highest BCUT2D eigenvalue weighted by atomic mass is 16.5. The summed E-state index contributed by atoms with van der Waals surface area (Å²) >= 11 is 0. The molecule has 0 unspecified atom stereocenters. The van der Waals surface area contributed by atoms with E-state index < -0.39 is 0 Å². The number of ether oxygens (including phenoxy) is 1. The van der Waals surface area contributed by atoms with Gasteiger partial charge in [-0.05, 0) is 54.0 Å². The number of amides is 1. The number of nitrogens with one attached hydrogen (secondary N) is 1. The molecule has 0 aliphatic heterocycles. The number of carbonyl (C=O) groups is 1. The molecule has 0 aromatic heterocycles. The third kappa shape index (κ3) is 5.91. The first-order valence-electron chi connectivity index (χ1n) is 9.32. The molecule has 0 saturated heterocycles. The highest BCUT2D eigenvalue weighted by Gasteiger charge is 2.18. The number of benzene rings is 2. The number of carbonyl (C=O) groups excluding carboxylic acids is 1. The Balaban J connectivity index is 1.75. The van der Waals surface area contributed by atoms with Crippen molar-refractivity contribution < 1.29 is 9.53 Å². The monoisotopic (exact) mass is 353 g/mol. The Kier molecular flexibility index (Phi) is 6.84. The van der Waals surface area contributed by atoms with Gasteiger partial charge in [-0.25, -0.2) is 0 Å². The van der Waals surface area contributed by atoms with Crippen LogP contribution in [-0.2, 0) is 16.6 Å². The van der Waals surface area contributed by atoms with Gasteiger partial charge in [-0.1, -0.05) is 57.2 Å². The minimum atomic E-state index is 0.0337. The lowest BCUT2D eigenvalue weighted by Crippen LogP contribution is -2.28. The fourth-order valence-corrected chi connectivity index (χ4v) is 2.87. The van der Waals surface area contributed by atoms with Crippen LogP contribution in [0.1, 0.15) is 49.4 Å². The summed E-state index contributed by atoms with van der Waals surface area (Å²) in [6.45, 7) is 11.7. The van der Waals surface area contributed by atoms with E-state index in [9.17, 15) is 4.79 Å². The molecule has 0 heterocycles. The molecule has 2 aromatic carbocycles. The van der Waals surface area contributed by atoms with Gasteiger partial charge in [-0.15, -0.1) is 0 Å². The molecule has 1 N–H and O–H groups in total. The van der Waals surface area contributed by atoms with Crippen molar-refractivity contribution in [2.75, 3.05) is 13.2 Å². The van der Waals surface area contributed by atoms with E-state index in [0.717, 1.165) is 12.2 Å². The van der Waals surface area contributed by atoms with Gasteiger partial charge in [0.05, 0.1) is 6.54 Å². The Morgan fingerprint density at radius 2 is 1.77 bits per heavy atom. The van der Waals surface area contributed by atoms with E-state index >= 15 is 0 Å². The van der Waals surface area contributed by atoms with Crippen molar-refractivity contribution in [3.63, 3.8) is 0 Å². The molecule has 26 heavy (non-hydrogen) atoms. The summed E-state index contributed by atoms with van der Waals surface area (Å²) in [4.78, 5) is 12.0. The molecular weight excluding hydrogens is 322 g/mol. The Bertz CT molecular complexity index is 744. The van der Waals surface area contributed by atoms with Crippen molar-refractivity contribution in [3.05, 3.63) is 64.7 Å². The van der Waals surface area contributed by atoms with Gasteiger partial charge in [0.15, 0.2) is 0 Å². The molecule has 2 aromatic rings. The molecule has 0 aliphatic carbocycles. The van der Waals surface area contributed by atoms with Gasteiger partial charge in [0.1, 0.15) is 12.4 Å². The van der Waals surface area contributed by atoms with Crippen molar-refractivity contribution in [1.82, 2.24) is 5.32 Å². The fourth-order valence-electron chi connectivity index (χ4n) is 2.87. The quantitative estimate of drug-likeness (QED) is 0.731. The zero-order chi connectivity index (χ0) is 19.2. The van der Waals surface area contributed by atoms with Crippen molar-refractivity contribution >= 4 is 5.91 Å². The maximum absolute atomic E-state index is 12.0. The van der Waals surface area contributed by atoms with E-state index in [2.05, 4.69) is 64.2 Å². The first-order chi connectivity index (χ1) is 12.3. The summed E-state index contributed by atoms with van der Waals surface area (Å²) < 4.78 is 5.89. The van der Waals surface area contributed by atoms with Crippen molar-refractivity contribution in [2.24, 2.45) is 0 Å². The van der Waals surface area contributed by atoms with Gasteiger partial charge < -0.3 is 10.1 Å². The zero-order valence-corrected chi connectivity index (χ0v) is 16.7. The number of rotatable bonds is 7. The molecule has 1 amide bonds. The second-order valence-electron chi connectivity index (χ2n) is 7.86. The maximum atomic E-state index is 12.0. The summed E-state index contributed by atoms with van der Waals surface area (Å²) in [6, 6.07) is 14.5. The third-order valence-corrected chi connectivity index (χ3v) is 4.59. The van der Waals surface area contributed by atoms with Gasteiger partial charge in [0.2, 0.25) is 5.91 Å². The minimum absolute atomic E-state index is 0.0337. The fraction of sp³-hybridized carbons (Fsp3) is 0.435. The SMILES string of the molecule is Cc1ccc(CCC(=O)NCCOc2ccccc2C(C)(C)C)cc1C. The molecule has 140 valence electrons. The van der Waals surface area contributed by atoms with Crippen LogP contribution in [0.5, 0.6) is 5.75 Å². The third-order valence-electron chi connectivity index (χ3n) is 4.59. The van der Waals surface area contributed by atoms with Crippen molar-refractivity contribution in [3.8, 4) is 5.75 Å². The Morgan fingerprint density at radius 1 is 1.04 bits per heavy atom. The number of hydrogen-bond acceptors (Lipinski definition) is 2. The largest absolute Gasteiger partial charge is 0.491 e. The normalized spacial score (nSPS) is 11.3. The van der Waals surface area contributed by atoms with E-state index in [-0.39, 0.29) is 11.3 Å². The zero-order valence-electron chi connectivity index (χ0n) is 16.7. The summed E-state index contributed by atoms with van der Waals surface area (Å²) in [6.07, 6.45) is 1.27. The second kappa shape index (κ2) is 8.88. The molecule has 3 nitrogen and oxygen atoms in total. The molecule has 0 saturated carbocycles.